The fraction of sp³-hybridized carbons (Fsp3) is 0.632. The van der Waals surface area contributed by atoms with Crippen LogP contribution in [0, 0.1) is 18.8 Å². The molecule has 22 heavy (non-hydrogen) atoms. The molecule has 0 bridgehead atoms. The average molecular weight is 300 g/mol. The molecule has 0 radical (unpaired) electrons. The Morgan fingerprint density at radius 2 is 1.82 bits per heavy atom. The summed E-state index contributed by atoms with van der Waals surface area (Å²) in [5, 5.41) is 3.06. The molecule has 3 rings (SSSR count). The molecule has 3 heteroatoms. The molecule has 0 spiro atoms. The summed E-state index contributed by atoms with van der Waals surface area (Å²) in [6.45, 7) is 6.28. The Hall–Kier alpha value is -1.35. The quantitative estimate of drug-likeness (QED) is 0.920. The topological polar surface area (TPSA) is 32.3 Å². The Morgan fingerprint density at radius 1 is 1.14 bits per heavy atom. The Labute approximate surface area is 134 Å². The van der Waals surface area contributed by atoms with Crippen LogP contribution in [0.4, 0.5) is 5.69 Å². The monoisotopic (exact) mass is 300 g/mol. The Morgan fingerprint density at radius 3 is 2.55 bits per heavy atom. The molecule has 120 valence electrons. The fourth-order valence-electron chi connectivity index (χ4n) is 4.03. The van der Waals surface area contributed by atoms with E-state index in [4.69, 9.17) is 0 Å². The maximum absolute atomic E-state index is 12.5. The van der Waals surface area contributed by atoms with Crippen LogP contribution in [0.15, 0.2) is 24.3 Å². The van der Waals surface area contributed by atoms with Gasteiger partial charge in [-0.05, 0) is 57.2 Å². The normalized spacial score (nSPS) is 27.0. The first kappa shape index (κ1) is 15.5. The van der Waals surface area contributed by atoms with Crippen molar-refractivity contribution in [2.75, 3.05) is 18.4 Å². The number of amides is 1. The summed E-state index contributed by atoms with van der Waals surface area (Å²) in [4.78, 5) is 14.9. The third-order valence-corrected chi connectivity index (χ3v) is 5.57. The first-order valence-corrected chi connectivity index (χ1v) is 8.75. The van der Waals surface area contributed by atoms with Crippen LogP contribution in [0.1, 0.15) is 44.6 Å². The summed E-state index contributed by atoms with van der Waals surface area (Å²) in [5.41, 5.74) is 2.11. The van der Waals surface area contributed by atoms with Crippen molar-refractivity contribution in [2.45, 2.75) is 52.0 Å². The fourth-order valence-corrected chi connectivity index (χ4v) is 4.03. The van der Waals surface area contributed by atoms with Crippen LogP contribution in [0.2, 0.25) is 0 Å². The van der Waals surface area contributed by atoms with E-state index in [9.17, 15) is 4.79 Å². The molecule has 0 unspecified atom stereocenters. The molecule has 2 fully saturated rings. The van der Waals surface area contributed by atoms with Gasteiger partial charge in [-0.1, -0.05) is 37.0 Å². The van der Waals surface area contributed by atoms with Crippen molar-refractivity contribution in [3.05, 3.63) is 29.8 Å². The van der Waals surface area contributed by atoms with E-state index in [1.54, 1.807) is 0 Å². The number of carbonyl (C=O) groups excluding carboxylic acids is 1. The first-order valence-electron chi connectivity index (χ1n) is 8.75. The van der Waals surface area contributed by atoms with Gasteiger partial charge in [0.25, 0.3) is 0 Å². The Kier molecular flexibility index (Phi) is 4.82. The second kappa shape index (κ2) is 6.82. The van der Waals surface area contributed by atoms with Gasteiger partial charge in [0.1, 0.15) is 0 Å². The van der Waals surface area contributed by atoms with Crippen molar-refractivity contribution in [1.29, 1.82) is 0 Å². The highest BCUT2D eigenvalue weighted by molar-refractivity contribution is 5.94. The van der Waals surface area contributed by atoms with Crippen LogP contribution >= 0.6 is 0 Å². The molecule has 1 saturated carbocycles. The van der Waals surface area contributed by atoms with Crippen LogP contribution in [-0.4, -0.2) is 29.9 Å². The lowest BCUT2D eigenvalue weighted by Crippen LogP contribution is -2.49. The SMILES string of the molecule is Cc1ccc(NC(=O)[C@H](C)N2CC[C@@H]3CCCC[C@@H]3C2)cc1. The summed E-state index contributed by atoms with van der Waals surface area (Å²) in [6, 6.07) is 7.99. The molecule has 1 amide bonds. The molecule has 1 aromatic rings. The van der Waals surface area contributed by atoms with E-state index in [-0.39, 0.29) is 11.9 Å². The van der Waals surface area contributed by atoms with Crippen molar-refractivity contribution >= 4 is 11.6 Å². The summed E-state index contributed by atoms with van der Waals surface area (Å²) in [7, 11) is 0. The largest absolute Gasteiger partial charge is 0.325 e. The van der Waals surface area contributed by atoms with Gasteiger partial charge >= 0.3 is 0 Å². The number of hydrogen-bond acceptors (Lipinski definition) is 2. The van der Waals surface area contributed by atoms with Crippen LogP contribution < -0.4 is 5.32 Å². The number of piperidine rings is 1. The highest BCUT2D eigenvalue weighted by Gasteiger charge is 2.34. The van der Waals surface area contributed by atoms with E-state index in [2.05, 4.69) is 17.1 Å². The lowest BCUT2D eigenvalue weighted by atomic mass is 9.75. The number of benzene rings is 1. The minimum atomic E-state index is -0.0378. The van der Waals surface area contributed by atoms with Gasteiger partial charge in [-0.2, -0.15) is 0 Å². The number of nitrogens with one attached hydrogen (secondary N) is 1. The van der Waals surface area contributed by atoms with Crippen molar-refractivity contribution in [2.24, 2.45) is 11.8 Å². The Bertz CT molecular complexity index is 511. The van der Waals surface area contributed by atoms with Gasteiger partial charge in [-0.25, -0.2) is 0 Å². The van der Waals surface area contributed by atoms with Crippen LogP contribution in [0.3, 0.4) is 0 Å². The van der Waals surface area contributed by atoms with E-state index < -0.39 is 0 Å². The minimum absolute atomic E-state index is 0.0378. The minimum Gasteiger partial charge on any atom is -0.325 e. The van der Waals surface area contributed by atoms with Crippen LogP contribution in [-0.2, 0) is 4.79 Å². The summed E-state index contributed by atoms with van der Waals surface area (Å²) in [6.07, 6.45) is 6.81. The van der Waals surface area contributed by atoms with Gasteiger partial charge in [-0.15, -0.1) is 0 Å². The molecule has 1 aliphatic heterocycles. The number of anilines is 1. The maximum Gasteiger partial charge on any atom is 0.241 e. The first-order chi connectivity index (χ1) is 10.6. The zero-order valence-corrected chi connectivity index (χ0v) is 13.8. The highest BCUT2D eigenvalue weighted by atomic mass is 16.2. The third-order valence-electron chi connectivity index (χ3n) is 5.57. The highest BCUT2D eigenvalue weighted by Crippen LogP contribution is 2.36. The lowest BCUT2D eigenvalue weighted by molar-refractivity contribution is -0.122. The maximum atomic E-state index is 12.5. The summed E-state index contributed by atoms with van der Waals surface area (Å²) < 4.78 is 0. The van der Waals surface area contributed by atoms with Gasteiger partial charge < -0.3 is 5.32 Å². The molecule has 1 heterocycles. The third kappa shape index (κ3) is 3.52. The van der Waals surface area contributed by atoms with Gasteiger partial charge in [0, 0.05) is 12.2 Å². The van der Waals surface area contributed by atoms with Crippen molar-refractivity contribution in [1.82, 2.24) is 4.90 Å². The number of nitrogens with zero attached hydrogens (tertiary/aromatic N) is 1. The number of rotatable bonds is 3. The van der Waals surface area contributed by atoms with E-state index in [0.29, 0.717) is 0 Å². The molecule has 1 aromatic carbocycles. The number of fused-ring (bicyclic) bond motifs is 1. The molecule has 1 N–H and O–H groups in total. The zero-order chi connectivity index (χ0) is 15.5. The molecule has 3 atom stereocenters. The number of hydrogen-bond donors (Lipinski definition) is 1. The predicted octanol–water partition coefficient (Wildman–Crippen LogP) is 3.83. The summed E-state index contributed by atoms with van der Waals surface area (Å²) >= 11 is 0. The van der Waals surface area contributed by atoms with Gasteiger partial charge in [0.05, 0.1) is 6.04 Å². The van der Waals surface area contributed by atoms with Crippen LogP contribution in [0.25, 0.3) is 0 Å². The van der Waals surface area contributed by atoms with E-state index >= 15 is 0 Å². The molecule has 3 nitrogen and oxygen atoms in total. The van der Waals surface area contributed by atoms with Crippen molar-refractivity contribution in [3.8, 4) is 0 Å². The molecule has 1 aliphatic carbocycles. The molecule has 1 saturated heterocycles. The molecular weight excluding hydrogens is 272 g/mol. The number of aryl methyl sites for hydroxylation is 1. The van der Waals surface area contributed by atoms with Gasteiger partial charge in [-0.3, -0.25) is 9.69 Å². The predicted molar refractivity (Wildman–Crippen MR) is 90.9 cm³/mol. The van der Waals surface area contributed by atoms with Gasteiger partial charge in [0.2, 0.25) is 5.91 Å². The number of carbonyl (C=O) groups is 1. The number of likely N-dealkylation sites (tertiary alicyclic amines) is 1. The second-order valence-corrected chi connectivity index (χ2v) is 7.12. The van der Waals surface area contributed by atoms with E-state index in [0.717, 1.165) is 30.6 Å². The lowest BCUT2D eigenvalue weighted by Gasteiger charge is -2.43. The average Bonchev–Trinajstić information content (AvgIpc) is 2.55. The smallest absolute Gasteiger partial charge is 0.241 e. The Balaban J connectivity index is 1.57. The molecule has 0 aromatic heterocycles. The standard InChI is InChI=1S/C19H28N2O/c1-14-7-9-18(10-8-14)20-19(22)15(2)21-12-11-16-5-3-4-6-17(16)13-21/h7-10,15-17H,3-6,11-13H2,1-2H3,(H,20,22)/t15-,16-,17+/m0/s1. The zero-order valence-electron chi connectivity index (χ0n) is 13.8. The summed E-state index contributed by atoms with van der Waals surface area (Å²) in [5.74, 6) is 1.85. The van der Waals surface area contributed by atoms with Crippen LogP contribution in [0.5, 0.6) is 0 Å². The van der Waals surface area contributed by atoms with Crippen molar-refractivity contribution < 1.29 is 4.79 Å². The molecular formula is C19H28N2O. The van der Waals surface area contributed by atoms with E-state index in [1.807, 2.05) is 31.2 Å². The van der Waals surface area contributed by atoms with E-state index in [1.165, 1.54) is 37.7 Å². The van der Waals surface area contributed by atoms with Gasteiger partial charge in [0.15, 0.2) is 0 Å². The van der Waals surface area contributed by atoms with Crippen molar-refractivity contribution in [3.63, 3.8) is 0 Å². The second-order valence-electron chi connectivity index (χ2n) is 7.12. The molecule has 2 aliphatic rings.